The molecule has 110 valence electrons. The molecule has 1 N–H and O–H groups in total. The Kier molecular flexibility index (Phi) is 4.70. The number of carbonyl (C=O) groups excluding carboxylic acids is 4. The van der Waals surface area contributed by atoms with Gasteiger partial charge in [-0.25, -0.2) is 0 Å². The first kappa shape index (κ1) is 15.2. The predicted octanol–water partition coefficient (Wildman–Crippen LogP) is 1.37. The largest absolute Gasteiger partial charge is 0.465 e. The average Bonchev–Trinajstić information content (AvgIpc) is 2.85. The number of benzene rings is 1. The van der Waals surface area contributed by atoms with Crippen molar-refractivity contribution >= 4 is 40.7 Å². The first-order valence-electron chi connectivity index (χ1n) is 6.26. The van der Waals surface area contributed by atoms with Crippen LogP contribution >= 0.6 is 11.6 Å². The highest BCUT2D eigenvalue weighted by Crippen LogP contribution is 2.18. The van der Waals surface area contributed by atoms with Crippen molar-refractivity contribution in [3.05, 3.63) is 29.3 Å². The molecule has 0 bridgehead atoms. The molecule has 1 aliphatic heterocycles. The molecular weight excluding hydrogens is 298 g/mol. The highest BCUT2D eigenvalue weighted by atomic mass is 35.5. The van der Waals surface area contributed by atoms with Crippen molar-refractivity contribution < 1.29 is 23.9 Å². The van der Waals surface area contributed by atoms with Gasteiger partial charge in [-0.3, -0.25) is 19.2 Å². The molecule has 0 aliphatic carbocycles. The van der Waals surface area contributed by atoms with Crippen LogP contribution < -0.4 is 5.32 Å². The van der Waals surface area contributed by atoms with Crippen molar-refractivity contribution in [2.45, 2.75) is 12.8 Å². The number of halogens is 1. The topological polar surface area (TPSA) is 89.5 Å². The van der Waals surface area contributed by atoms with E-state index < -0.39 is 35.8 Å². The van der Waals surface area contributed by atoms with E-state index in [4.69, 9.17) is 11.6 Å². The zero-order chi connectivity index (χ0) is 15.4. The predicted molar refractivity (Wildman–Crippen MR) is 73.8 cm³/mol. The lowest BCUT2D eigenvalue weighted by Crippen LogP contribution is -2.29. The van der Waals surface area contributed by atoms with E-state index in [-0.39, 0.29) is 13.0 Å². The molecular formula is C14H12ClNO5. The zero-order valence-corrected chi connectivity index (χ0v) is 11.7. The summed E-state index contributed by atoms with van der Waals surface area (Å²) in [6.07, 6.45) is -0.368. The van der Waals surface area contributed by atoms with Crippen LogP contribution in [0.3, 0.4) is 0 Å². The second kappa shape index (κ2) is 6.49. The van der Waals surface area contributed by atoms with E-state index in [9.17, 15) is 19.2 Å². The van der Waals surface area contributed by atoms with Gasteiger partial charge in [0.15, 0.2) is 5.78 Å². The number of esters is 1. The molecule has 21 heavy (non-hydrogen) atoms. The van der Waals surface area contributed by atoms with Gasteiger partial charge in [0, 0.05) is 17.1 Å². The number of carbonyl (C=O) groups is 4. The number of Topliss-reactive ketones (excluding diaryl/α,β-unsaturated/α-hetero) is 2. The maximum Gasteiger partial charge on any atom is 0.316 e. The molecule has 1 atom stereocenters. The highest BCUT2D eigenvalue weighted by molar-refractivity contribution is 6.43. The molecule has 6 nitrogen and oxygen atoms in total. The van der Waals surface area contributed by atoms with Gasteiger partial charge >= 0.3 is 5.97 Å². The summed E-state index contributed by atoms with van der Waals surface area (Å²) in [5.41, 5.74) is 0.355. The molecule has 0 aromatic heterocycles. The SMILES string of the molecule is O=C(CC(=O)[C@H]1CCOC1=O)C(=O)Nc1cccc(Cl)c1. The average molecular weight is 310 g/mol. The van der Waals surface area contributed by atoms with Gasteiger partial charge in [-0.15, -0.1) is 0 Å². The maximum atomic E-state index is 11.8. The summed E-state index contributed by atoms with van der Waals surface area (Å²) < 4.78 is 4.65. The van der Waals surface area contributed by atoms with Gasteiger partial charge in [-0.05, 0) is 18.2 Å². The lowest BCUT2D eigenvalue weighted by molar-refractivity contribution is -0.145. The van der Waals surface area contributed by atoms with Crippen LogP contribution in [-0.4, -0.2) is 30.0 Å². The van der Waals surface area contributed by atoms with Crippen LogP contribution in [-0.2, 0) is 23.9 Å². The van der Waals surface area contributed by atoms with Gasteiger partial charge in [0.05, 0.1) is 13.0 Å². The minimum absolute atomic E-state index is 0.165. The Morgan fingerprint density at radius 2 is 2.10 bits per heavy atom. The molecule has 2 rings (SSSR count). The van der Waals surface area contributed by atoms with Crippen LogP contribution in [0.5, 0.6) is 0 Å². The fourth-order valence-electron chi connectivity index (χ4n) is 1.92. The van der Waals surface area contributed by atoms with Crippen LogP contribution in [0.2, 0.25) is 5.02 Å². The summed E-state index contributed by atoms with van der Waals surface area (Å²) in [5.74, 6) is -3.99. The van der Waals surface area contributed by atoms with Crippen molar-refractivity contribution in [3.8, 4) is 0 Å². The number of cyclic esters (lactones) is 1. The van der Waals surface area contributed by atoms with E-state index in [1.54, 1.807) is 18.2 Å². The van der Waals surface area contributed by atoms with Crippen molar-refractivity contribution in [2.24, 2.45) is 5.92 Å². The lowest BCUT2D eigenvalue weighted by atomic mass is 9.98. The highest BCUT2D eigenvalue weighted by Gasteiger charge is 2.34. The molecule has 7 heteroatoms. The van der Waals surface area contributed by atoms with E-state index in [0.717, 1.165) is 0 Å². The second-order valence-corrected chi connectivity index (χ2v) is 4.98. The Bertz CT molecular complexity index is 613. The number of nitrogens with one attached hydrogen (secondary N) is 1. The molecule has 1 aliphatic rings. The Balaban J connectivity index is 1.92. The number of rotatable bonds is 5. The minimum Gasteiger partial charge on any atom is -0.465 e. The smallest absolute Gasteiger partial charge is 0.316 e. The number of amides is 1. The van der Waals surface area contributed by atoms with Gasteiger partial charge in [0.2, 0.25) is 5.78 Å². The van der Waals surface area contributed by atoms with Gasteiger partial charge in [-0.2, -0.15) is 0 Å². The van der Waals surface area contributed by atoms with Crippen LogP contribution in [0.1, 0.15) is 12.8 Å². The second-order valence-electron chi connectivity index (χ2n) is 4.54. The molecule has 1 aromatic rings. The summed E-state index contributed by atoms with van der Waals surface area (Å²) in [6, 6.07) is 6.27. The van der Waals surface area contributed by atoms with E-state index in [1.165, 1.54) is 6.07 Å². The third kappa shape index (κ3) is 3.88. The third-order valence-electron chi connectivity index (χ3n) is 2.99. The number of hydrogen-bond acceptors (Lipinski definition) is 5. The lowest BCUT2D eigenvalue weighted by Gasteiger charge is -2.06. The summed E-state index contributed by atoms with van der Waals surface area (Å²) >= 11 is 5.75. The van der Waals surface area contributed by atoms with E-state index in [2.05, 4.69) is 10.1 Å². The van der Waals surface area contributed by atoms with Gasteiger partial charge < -0.3 is 10.1 Å². The molecule has 1 aromatic carbocycles. The first-order valence-corrected chi connectivity index (χ1v) is 6.64. The number of ketones is 2. The van der Waals surface area contributed by atoms with Crippen LogP contribution in [0, 0.1) is 5.92 Å². The number of hydrogen-bond donors (Lipinski definition) is 1. The first-order chi connectivity index (χ1) is 9.97. The molecule has 1 heterocycles. The number of anilines is 1. The van der Waals surface area contributed by atoms with Gasteiger partial charge in [0.25, 0.3) is 5.91 Å². The summed E-state index contributed by atoms with van der Waals surface area (Å²) in [4.78, 5) is 46.4. The van der Waals surface area contributed by atoms with Crippen molar-refractivity contribution in [1.29, 1.82) is 0 Å². The quantitative estimate of drug-likeness (QED) is 0.504. The van der Waals surface area contributed by atoms with Crippen molar-refractivity contribution in [1.82, 2.24) is 0 Å². The molecule has 1 fully saturated rings. The number of ether oxygens (including phenoxy) is 1. The van der Waals surface area contributed by atoms with Crippen molar-refractivity contribution in [3.63, 3.8) is 0 Å². The fraction of sp³-hybridized carbons (Fsp3) is 0.286. The monoisotopic (exact) mass is 309 g/mol. The molecule has 0 unspecified atom stereocenters. The van der Waals surface area contributed by atoms with Crippen LogP contribution in [0.4, 0.5) is 5.69 Å². The third-order valence-corrected chi connectivity index (χ3v) is 3.23. The fourth-order valence-corrected chi connectivity index (χ4v) is 2.11. The normalized spacial score (nSPS) is 17.2. The molecule has 1 saturated heterocycles. The summed E-state index contributed by atoms with van der Waals surface area (Å²) in [7, 11) is 0. The van der Waals surface area contributed by atoms with Gasteiger partial charge in [0.1, 0.15) is 5.92 Å². The van der Waals surface area contributed by atoms with Crippen LogP contribution in [0.15, 0.2) is 24.3 Å². The molecule has 0 radical (unpaired) electrons. The van der Waals surface area contributed by atoms with Crippen molar-refractivity contribution in [2.75, 3.05) is 11.9 Å². The minimum atomic E-state index is -0.937. The van der Waals surface area contributed by atoms with E-state index in [1.807, 2.05) is 0 Å². The van der Waals surface area contributed by atoms with E-state index in [0.29, 0.717) is 10.7 Å². The standard InChI is InChI=1S/C14H12ClNO5/c15-8-2-1-3-9(6-8)16-13(19)12(18)7-11(17)10-4-5-21-14(10)20/h1-3,6,10H,4-5,7H2,(H,16,19)/t10-/m1/s1. The Morgan fingerprint density at radius 1 is 1.33 bits per heavy atom. The summed E-state index contributed by atoms with van der Waals surface area (Å²) in [6.45, 7) is 0.165. The Hall–Kier alpha value is -2.21. The van der Waals surface area contributed by atoms with Gasteiger partial charge in [-0.1, -0.05) is 17.7 Å². The molecule has 0 spiro atoms. The summed E-state index contributed by atoms with van der Waals surface area (Å²) in [5, 5.41) is 2.76. The Morgan fingerprint density at radius 3 is 2.71 bits per heavy atom. The van der Waals surface area contributed by atoms with Crippen LogP contribution in [0.25, 0.3) is 0 Å². The Labute approximate surface area is 125 Å². The van der Waals surface area contributed by atoms with E-state index >= 15 is 0 Å². The molecule has 0 saturated carbocycles. The molecule has 1 amide bonds. The zero-order valence-electron chi connectivity index (χ0n) is 10.9. The maximum absolute atomic E-state index is 11.8.